The van der Waals surface area contributed by atoms with Crippen LogP contribution in [-0.4, -0.2) is 49.5 Å². The van der Waals surface area contributed by atoms with Crippen LogP contribution in [0.1, 0.15) is 11.1 Å². The lowest BCUT2D eigenvalue weighted by atomic mass is 10.2. The molecular weight excluding hydrogens is 465 g/mol. The fourth-order valence-corrected chi connectivity index (χ4v) is 3.27. The Kier molecular flexibility index (Phi) is 9.35. The van der Waals surface area contributed by atoms with Crippen molar-refractivity contribution in [3.63, 3.8) is 0 Å². The molecule has 0 fully saturated rings. The zero-order valence-electron chi connectivity index (χ0n) is 20.3. The molecule has 0 aliphatic rings. The van der Waals surface area contributed by atoms with E-state index in [1.807, 2.05) is 30.3 Å². The van der Waals surface area contributed by atoms with Crippen LogP contribution < -0.4 is 15.5 Å². The molecule has 3 amide bonds. The molecule has 0 radical (unpaired) electrons. The Bertz CT molecular complexity index is 1190. The van der Waals surface area contributed by atoms with Crippen molar-refractivity contribution in [3.8, 4) is 5.75 Å². The number of rotatable bonds is 9. The van der Waals surface area contributed by atoms with Gasteiger partial charge in [0.05, 0.1) is 32.1 Å². The number of methoxy groups -OCH3 is 1. The standard InChI is InChI=1S/C26H28FN5O4/c1-31(16-19-7-5-4-6-8-19)26(34)29-25(28-21-11-14-23(27)24(15-21)30-36-3)32(18-33)17-20-9-12-22(35-2)13-10-20/h4-15,18,30H,16-17H2,1-3H3,(H,28,29,34). The molecule has 0 heterocycles. The van der Waals surface area contributed by atoms with E-state index in [-0.39, 0.29) is 18.2 Å². The SMILES string of the molecule is CONc1cc(N=C(NC(=O)N(C)Cc2ccccc2)N(C=O)Cc2ccc(OC)cc2)ccc1F. The Morgan fingerprint density at radius 2 is 1.69 bits per heavy atom. The molecule has 0 aliphatic heterocycles. The monoisotopic (exact) mass is 493 g/mol. The second-order valence-electron chi connectivity index (χ2n) is 7.76. The van der Waals surface area contributed by atoms with Crippen molar-refractivity contribution in [2.24, 2.45) is 4.99 Å². The van der Waals surface area contributed by atoms with Gasteiger partial charge in [-0.25, -0.2) is 14.2 Å². The number of amides is 3. The summed E-state index contributed by atoms with van der Waals surface area (Å²) >= 11 is 0. The Balaban J connectivity index is 1.89. The fraction of sp³-hybridized carbons (Fsp3) is 0.192. The molecule has 0 saturated carbocycles. The molecule has 3 aromatic carbocycles. The number of aliphatic imine (C=N–C) groups is 1. The predicted octanol–water partition coefficient (Wildman–Crippen LogP) is 4.30. The van der Waals surface area contributed by atoms with Crippen LogP contribution in [0.5, 0.6) is 5.75 Å². The van der Waals surface area contributed by atoms with Gasteiger partial charge in [0.25, 0.3) is 0 Å². The number of urea groups is 1. The van der Waals surface area contributed by atoms with E-state index in [0.717, 1.165) is 11.1 Å². The van der Waals surface area contributed by atoms with Gasteiger partial charge in [0.2, 0.25) is 12.4 Å². The first-order valence-corrected chi connectivity index (χ1v) is 11.0. The van der Waals surface area contributed by atoms with Crippen molar-refractivity contribution in [1.29, 1.82) is 0 Å². The van der Waals surface area contributed by atoms with E-state index in [9.17, 15) is 14.0 Å². The summed E-state index contributed by atoms with van der Waals surface area (Å²) in [6.07, 6.45) is 0.568. The molecule has 0 aliphatic carbocycles. The summed E-state index contributed by atoms with van der Waals surface area (Å²) in [4.78, 5) is 37.1. The highest BCUT2D eigenvalue weighted by Gasteiger charge is 2.18. The second kappa shape index (κ2) is 12.9. The zero-order chi connectivity index (χ0) is 25.9. The maximum Gasteiger partial charge on any atom is 0.324 e. The second-order valence-corrected chi connectivity index (χ2v) is 7.76. The minimum Gasteiger partial charge on any atom is -0.497 e. The highest BCUT2D eigenvalue weighted by atomic mass is 19.1. The van der Waals surface area contributed by atoms with Crippen LogP contribution in [0.2, 0.25) is 0 Å². The van der Waals surface area contributed by atoms with Crippen molar-refractivity contribution in [3.05, 3.63) is 89.7 Å². The van der Waals surface area contributed by atoms with Crippen LogP contribution in [0.25, 0.3) is 0 Å². The smallest absolute Gasteiger partial charge is 0.324 e. The van der Waals surface area contributed by atoms with E-state index < -0.39 is 11.8 Å². The molecule has 36 heavy (non-hydrogen) atoms. The fourth-order valence-electron chi connectivity index (χ4n) is 3.27. The summed E-state index contributed by atoms with van der Waals surface area (Å²) in [5, 5.41) is 2.71. The minimum atomic E-state index is -0.547. The van der Waals surface area contributed by atoms with Crippen molar-refractivity contribution < 1.29 is 23.6 Å². The van der Waals surface area contributed by atoms with Gasteiger partial charge in [-0.2, -0.15) is 0 Å². The lowest BCUT2D eigenvalue weighted by Crippen LogP contribution is -2.47. The molecule has 3 aromatic rings. The molecule has 188 valence electrons. The average Bonchev–Trinajstić information content (AvgIpc) is 2.89. The van der Waals surface area contributed by atoms with Gasteiger partial charge in [-0.15, -0.1) is 0 Å². The van der Waals surface area contributed by atoms with Gasteiger partial charge in [-0.1, -0.05) is 42.5 Å². The van der Waals surface area contributed by atoms with Gasteiger partial charge in [0.15, 0.2) is 0 Å². The molecule has 0 aromatic heterocycles. The Hall–Kier alpha value is -4.44. The van der Waals surface area contributed by atoms with Crippen molar-refractivity contribution in [2.45, 2.75) is 13.1 Å². The number of benzene rings is 3. The number of ether oxygens (including phenoxy) is 1. The maximum atomic E-state index is 14.0. The van der Waals surface area contributed by atoms with Crippen LogP contribution in [0, 0.1) is 5.82 Å². The minimum absolute atomic E-state index is 0.0271. The first kappa shape index (κ1) is 26.2. The summed E-state index contributed by atoms with van der Waals surface area (Å²) in [6, 6.07) is 20.2. The molecule has 10 heteroatoms. The largest absolute Gasteiger partial charge is 0.497 e. The van der Waals surface area contributed by atoms with E-state index in [2.05, 4.69) is 15.8 Å². The van der Waals surface area contributed by atoms with E-state index >= 15 is 0 Å². The number of carbonyl (C=O) groups excluding carboxylic acids is 2. The Morgan fingerprint density at radius 1 is 1.00 bits per heavy atom. The normalized spacial score (nSPS) is 10.9. The third-order valence-electron chi connectivity index (χ3n) is 5.14. The number of hydrogen-bond donors (Lipinski definition) is 2. The number of carbonyl (C=O) groups is 2. The van der Waals surface area contributed by atoms with Crippen LogP contribution in [0.3, 0.4) is 0 Å². The molecule has 0 unspecified atom stereocenters. The number of nitrogens with zero attached hydrogens (tertiary/aromatic N) is 3. The highest BCUT2D eigenvalue weighted by molar-refractivity contribution is 6.01. The summed E-state index contributed by atoms with van der Waals surface area (Å²) in [6.45, 7) is 0.470. The molecule has 0 spiro atoms. The van der Waals surface area contributed by atoms with E-state index in [1.54, 1.807) is 38.4 Å². The summed E-state index contributed by atoms with van der Waals surface area (Å²) in [7, 11) is 4.55. The summed E-state index contributed by atoms with van der Waals surface area (Å²) < 4.78 is 19.2. The molecular formula is C26H28FN5O4. The Labute approximate surface area is 209 Å². The van der Waals surface area contributed by atoms with Crippen molar-refractivity contribution in [2.75, 3.05) is 26.7 Å². The highest BCUT2D eigenvalue weighted by Crippen LogP contribution is 2.22. The number of nitrogens with one attached hydrogen (secondary N) is 2. The van der Waals surface area contributed by atoms with Gasteiger partial charge < -0.3 is 9.64 Å². The summed E-state index contributed by atoms with van der Waals surface area (Å²) in [5.74, 6) is 0.0979. The third kappa shape index (κ3) is 7.28. The lowest BCUT2D eigenvalue weighted by molar-refractivity contribution is -0.115. The van der Waals surface area contributed by atoms with E-state index in [0.29, 0.717) is 24.4 Å². The van der Waals surface area contributed by atoms with Gasteiger partial charge in [0.1, 0.15) is 11.6 Å². The van der Waals surface area contributed by atoms with Gasteiger partial charge in [0, 0.05) is 13.6 Å². The van der Waals surface area contributed by atoms with Gasteiger partial charge in [-0.05, 0) is 41.5 Å². The summed E-state index contributed by atoms with van der Waals surface area (Å²) in [5.41, 5.74) is 4.50. The lowest BCUT2D eigenvalue weighted by Gasteiger charge is -2.24. The van der Waals surface area contributed by atoms with Crippen LogP contribution in [-0.2, 0) is 22.7 Å². The molecule has 2 N–H and O–H groups in total. The zero-order valence-corrected chi connectivity index (χ0v) is 20.3. The molecule has 0 saturated heterocycles. The van der Waals surface area contributed by atoms with Crippen molar-refractivity contribution in [1.82, 2.24) is 15.1 Å². The molecule has 3 rings (SSSR count). The van der Waals surface area contributed by atoms with Crippen molar-refractivity contribution >= 4 is 29.8 Å². The number of halogens is 1. The number of hydrogen-bond acceptors (Lipinski definition) is 6. The topological polar surface area (TPSA) is 95.5 Å². The van der Waals surface area contributed by atoms with E-state index in [1.165, 1.54) is 35.1 Å². The average molecular weight is 494 g/mol. The van der Waals surface area contributed by atoms with E-state index in [4.69, 9.17) is 9.57 Å². The quantitative estimate of drug-likeness (QED) is 0.201. The molecule has 9 nitrogen and oxygen atoms in total. The van der Waals surface area contributed by atoms with Crippen LogP contribution >= 0.6 is 0 Å². The maximum absolute atomic E-state index is 14.0. The predicted molar refractivity (Wildman–Crippen MR) is 135 cm³/mol. The number of anilines is 1. The number of guanidine groups is 1. The Morgan fingerprint density at radius 3 is 2.33 bits per heavy atom. The van der Waals surface area contributed by atoms with Gasteiger partial charge in [-0.3, -0.25) is 25.3 Å². The molecule has 0 bridgehead atoms. The first-order chi connectivity index (χ1) is 17.4. The van der Waals surface area contributed by atoms with Crippen LogP contribution in [0.4, 0.5) is 20.6 Å². The van der Waals surface area contributed by atoms with Crippen LogP contribution in [0.15, 0.2) is 77.8 Å². The first-order valence-electron chi connectivity index (χ1n) is 11.0. The van der Waals surface area contributed by atoms with Gasteiger partial charge >= 0.3 is 6.03 Å². The molecule has 0 atom stereocenters. The third-order valence-corrected chi connectivity index (χ3v) is 5.14.